The van der Waals surface area contributed by atoms with Gasteiger partial charge in [-0.15, -0.1) is 4.91 Å². The van der Waals surface area contributed by atoms with Crippen LogP contribution in [0.3, 0.4) is 0 Å². The van der Waals surface area contributed by atoms with E-state index in [-0.39, 0.29) is 0 Å². The number of anilines is 1. The third kappa shape index (κ3) is 1.74. The van der Waals surface area contributed by atoms with E-state index in [1.54, 1.807) is 18.3 Å². The molecule has 60 valence electrons. The largest absolute Gasteiger partial charge is 0.262 e. The first-order chi connectivity index (χ1) is 5.88. The average Bonchev–Trinajstić information content (AvgIpc) is 2.15. The summed E-state index contributed by atoms with van der Waals surface area (Å²) in [6.07, 6.45) is 3.86. The minimum absolute atomic E-state index is 0.427. The maximum atomic E-state index is 10.1. The zero-order valence-electron chi connectivity index (χ0n) is 6.04. The molecule has 0 bridgehead atoms. The van der Waals surface area contributed by atoms with Gasteiger partial charge < -0.3 is 0 Å². The molecule has 0 unspecified atom stereocenters. The molecule has 0 radical (unpaired) electrons. The Kier molecular flexibility index (Phi) is 2.70. The van der Waals surface area contributed by atoms with Gasteiger partial charge in [-0.05, 0) is 12.1 Å². The van der Waals surface area contributed by atoms with Crippen LogP contribution >= 0.6 is 0 Å². The molecule has 0 fully saturated rings. The number of aromatic nitrogens is 1. The lowest BCUT2D eigenvalue weighted by molar-refractivity contribution is 0.568. The maximum absolute atomic E-state index is 10.1. The summed E-state index contributed by atoms with van der Waals surface area (Å²) in [7, 11) is 0. The number of nitrogens with zero attached hydrogens (tertiary/aromatic N) is 3. The average molecular weight is 163 g/mol. The Balaban J connectivity index is 2.94. The zero-order valence-corrected chi connectivity index (χ0v) is 6.04. The molecule has 0 atom stereocenters. The lowest BCUT2D eigenvalue weighted by atomic mass is 10.4. The number of hydrogen-bond donors (Lipinski definition) is 0. The molecule has 1 heterocycles. The quantitative estimate of drug-likeness (QED) is 0.377. The smallest absolute Gasteiger partial charge is 0.144 e. The number of nitroso groups, excluding NO2 is 1. The molecular formula is C7H5N3O2. The van der Waals surface area contributed by atoms with E-state index in [9.17, 15) is 9.70 Å². The van der Waals surface area contributed by atoms with Crippen molar-refractivity contribution in [2.24, 2.45) is 5.29 Å². The molecule has 0 N–H and O–H groups in total. The van der Waals surface area contributed by atoms with E-state index < -0.39 is 0 Å². The third-order valence-corrected chi connectivity index (χ3v) is 1.17. The van der Waals surface area contributed by atoms with Gasteiger partial charge in [0, 0.05) is 6.20 Å². The van der Waals surface area contributed by atoms with E-state index in [4.69, 9.17) is 0 Å². The standard InChI is InChI=1S/C7H5N3O2/c11-5-4-10(9-12)7-2-1-3-8-6-7/h1-4,6H. The first kappa shape index (κ1) is 8.10. The summed E-state index contributed by atoms with van der Waals surface area (Å²) in [5, 5.41) is 3.42. The predicted molar refractivity (Wildman–Crippen MR) is 42.8 cm³/mol. The molecule has 0 aliphatic rings. The molecule has 0 aliphatic heterocycles. The van der Waals surface area contributed by atoms with Gasteiger partial charge in [-0.3, -0.25) is 4.98 Å². The van der Waals surface area contributed by atoms with Crippen LogP contribution in [0.25, 0.3) is 0 Å². The molecule has 0 spiro atoms. The lowest BCUT2D eigenvalue weighted by Crippen LogP contribution is -2.05. The highest BCUT2D eigenvalue weighted by Crippen LogP contribution is 2.10. The third-order valence-electron chi connectivity index (χ3n) is 1.17. The number of pyridine rings is 1. The molecule has 0 saturated carbocycles. The Morgan fingerprint density at radius 1 is 1.67 bits per heavy atom. The van der Waals surface area contributed by atoms with Crippen molar-refractivity contribution in [1.29, 1.82) is 0 Å². The van der Waals surface area contributed by atoms with E-state index in [1.165, 1.54) is 12.1 Å². The van der Waals surface area contributed by atoms with Crippen LogP contribution in [0.1, 0.15) is 0 Å². The van der Waals surface area contributed by atoms with Crippen LogP contribution in [0, 0.1) is 4.91 Å². The fourth-order valence-corrected chi connectivity index (χ4v) is 0.684. The van der Waals surface area contributed by atoms with Crippen LogP contribution < -0.4 is 5.01 Å². The number of hydrogen-bond acceptors (Lipinski definition) is 4. The van der Waals surface area contributed by atoms with Gasteiger partial charge in [-0.1, -0.05) is 0 Å². The lowest BCUT2D eigenvalue weighted by Gasteiger charge is -2.05. The predicted octanol–water partition coefficient (Wildman–Crippen LogP) is 0.915. The van der Waals surface area contributed by atoms with Gasteiger partial charge in [-0.2, -0.15) is 5.01 Å². The molecule has 0 saturated heterocycles. The van der Waals surface area contributed by atoms with Crippen LogP contribution in [-0.2, 0) is 4.79 Å². The van der Waals surface area contributed by atoms with Gasteiger partial charge in [0.25, 0.3) is 0 Å². The van der Waals surface area contributed by atoms with E-state index in [0.717, 1.165) is 11.2 Å². The highest BCUT2D eigenvalue weighted by molar-refractivity contribution is 5.56. The van der Waals surface area contributed by atoms with Gasteiger partial charge >= 0.3 is 0 Å². The molecule has 1 aromatic rings. The first-order valence-corrected chi connectivity index (χ1v) is 3.12. The zero-order chi connectivity index (χ0) is 8.81. The molecular weight excluding hydrogens is 158 g/mol. The van der Waals surface area contributed by atoms with Gasteiger partial charge in [0.1, 0.15) is 12.1 Å². The summed E-state index contributed by atoms with van der Waals surface area (Å²) >= 11 is 0. The summed E-state index contributed by atoms with van der Waals surface area (Å²) in [6, 6.07) is 3.23. The Morgan fingerprint density at radius 2 is 2.50 bits per heavy atom. The number of rotatable bonds is 3. The van der Waals surface area contributed by atoms with Crippen LogP contribution in [-0.4, -0.2) is 10.9 Å². The highest BCUT2D eigenvalue weighted by Gasteiger charge is 2.00. The molecule has 0 aliphatic carbocycles. The Morgan fingerprint density at radius 3 is 3.00 bits per heavy atom. The van der Waals surface area contributed by atoms with Gasteiger partial charge in [0.05, 0.1) is 17.2 Å². The van der Waals surface area contributed by atoms with Crippen LogP contribution in [0.15, 0.2) is 36.0 Å². The molecule has 0 amide bonds. The highest BCUT2D eigenvalue weighted by atomic mass is 16.3. The van der Waals surface area contributed by atoms with Gasteiger partial charge in [0.15, 0.2) is 0 Å². The SMILES string of the molecule is O=C=CN(N=O)c1cccnc1. The fraction of sp³-hybridized carbons (Fsp3) is 0. The van der Waals surface area contributed by atoms with E-state index >= 15 is 0 Å². The van der Waals surface area contributed by atoms with Crippen LogP contribution in [0.5, 0.6) is 0 Å². The summed E-state index contributed by atoms with van der Waals surface area (Å²) in [6.45, 7) is 0. The van der Waals surface area contributed by atoms with Crippen molar-refractivity contribution in [2.75, 3.05) is 5.01 Å². The van der Waals surface area contributed by atoms with Crippen molar-refractivity contribution in [3.05, 3.63) is 35.6 Å². The molecule has 5 heteroatoms. The normalized spacial score (nSPS) is 8.33. The second-order valence-corrected chi connectivity index (χ2v) is 1.88. The Bertz CT molecular complexity index is 306. The van der Waals surface area contributed by atoms with Crippen molar-refractivity contribution >= 4 is 11.6 Å². The summed E-state index contributed by atoms with van der Waals surface area (Å²) < 4.78 is 0. The van der Waals surface area contributed by atoms with Crippen LogP contribution in [0.4, 0.5) is 5.69 Å². The second kappa shape index (κ2) is 4.00. The van der Waals surface area contributed by atoms with E-state index in [2.05, 4.69) is 10.3 Å². The maximum Gasteiger partial charge on any atom is 0.144 e. The van der Waals surface area contributed by atoms with Gasteiger partial charge in [-0.25, -0.2) is 4.79 Å². The van der Waals surface area contributed by atoms with E-state index in [0.29, 0.717) is 5.69 Å². The summed E-state index contributed by atoms with van der Waals surface area (Å²) in [4.78, 5) is 23.8. The van der Waals surface area contributed by atoms with Crippen molar-refractivity contribution in [2.45, 2.75) is 0 Å². The number of carbonyl (C=O) groups excluding carboxylic acids is 1. The topological polar surface area (TPSA) is 62.6 Å². The van der Waals surface area contributed by atoms with Crippen molar-refractivity contribution in [1.82, 2.24) is 4.98 Å². The molecule has 1 aromatic heterocycles. The Hall–Kier alpha value is -2.00. The molecule has 12 heavy (non-hydrogen) atoms. The fourth-order valence-electron chi connectivity index (χ4n) is 0.684. The Labute approximate surface area is 68.3 Å². The monoisotopic (exact) mass is 163 g/mol. The van der Waals surface area contributed by atoms with Crippen LogP contribution in [0.2, 0.25) is 0 Å². The molecule has 5 nitrogen and oxygen atoms in total. The first-order valence-electron chi connectivity index (χ1n) is 3.12. The van der Waals surface area contributed by atoms with Gasteiger partial charge in [0.2, 0.25) is 0 Å². The summed E-state index contributed by atoms with van der Waals surface area (Å²) in [5.74, 6) is 1.45. The minimum atomic E-state index is 0.427. The van der Waals surface area contributed by atoms with E-state index in [1.807, 2.05) is 0 Å². The van der Waals surface area contributed by atoms with Crippen molar-refractivity contribution in [3.8, 4) is 0 Å². The van der Waals surface area contributed by atoms with Crippen molar-refractivity contribution in [3.63, 3.8) is 0 Å². The second-order valence-electron chi connectivity index (χ2n) is 1.88. The van der Waals surface area contributed by atoms with Crippen molar-refractivity contribution < 1.29 is 4.79 Å². The molecule has 1 rings (SSSR count). The minimum Gasteiger partial charge on any atom is -0.262 e. The molecule has 0 aromatic carbocycles. The summed E-state index contributed by atoms with van der Waals surface area (Å²) in [5.41, 5.74) is 0.427.